The van der Waals surface area contributed by atoms with Crippen molar-refractivity contribution in [3.63, 3.8) is 0 Å². The number of hydrazine groups is 1. The van der Waals surface area contributed by atoms with Gasteiger partial charge in [0.2, 0.25) is 0 Å². The van der Waals surface area contributed by atoms with Crippen LogP contribution in [0.25, 0.3) is 11.0 Å². The third kappa shape index (κ3) is 3.47. The summed E-state index contributed by atoms with van der Waals surface area (Å²) in [4.78, 5) is 12.8. The second-order valence-corrected chi connectivity index (χ2v) is 8.65. The van der Waals surface area contributed by atoms with E-state index in [1.54, 1.807) is 0 Å². The van der Waals surface area contributed by atoms with E-state index < -0.39 is 0 Å². The van der Waals surface area contributed by atoms with Crippen molar-refractivity contribution < 1.29 is 0 Å². The lowest BCUT2D eigenvalue weighted by Crippen LogP contribution is -2.35. The minimum absolute atomic E-state index is 0.347. The van der Waals surface area contributed by atoms with Gasteiger partial charge in [0.15, 0.2) is 0 Å². The van der Waals surface area contributed by atoms with Gasteiger partial charge in [-0.1, -0.05) is 32.3 Å². The van der Waals surface area contributed by atoms with Gasteiger partial charge in [0.05, 0.1) is 12.1 Å². The van der Waals surface area contributed by atoms with Gasteiger partial charge in [0.25, 0.3) is 0 Å². The van der Waals surface area contributed by atoms with Gasteiger partial charge in [-0.25, -0.2) is 15.0 Å². The first-order chi connectivity index (χ1) is 14.2. The van der Waals surface area contributed by atoms with Gasteiger partial charge in [-0.05, 0) is 54.5 Å². The van der Waals surface area contributed by atoms with Gasteiger partial charge in [-0.3, -0.25) is 4.98 Å². The number of rotatable bonds is 4. The highest BCUT2D eigenvalue weighted by Crippen LogP contribution is 2.43. The molecule has 1 aliphatic carbocycles. The van der Waals surface area contributed by atoms with Crippen molar-refractivity contribution in [2.45, 2.75) is 63.5 Å². The second-order valence-electron chi connectivity index (χ2n) is 8.65. The summed E-state index contributed by atoms with van der Waals surface area (Å²) in [6.45, 7) is 3.22. The van der Waals surface area contributed by atoms with Crippen molar-refractivity contribution in [2.75, 3.05) is 13.6 Å². The van der Waals surface area contributed by atoms with Crippen molar-refractivity contribution >= 4 is 11.0 Å². The Morgan fingerprint density at radius 3 is 2.69 bits per heavy atom. The van der Waals surface area contributed by atoms with E-state index in [9.17, 15) is 0 Å². The third-order valence-corrected chi connectivity index (χ3v) is 7.00. The van der Waals surface area contributed by atoms with Crippen LogP contribution in [0, 0.1) is 0 Å². The molecule has 29 heavy (non-hydrogen) atoms. The standard InChI is InChI=1S/C24H31N5/c1-3-29-23(14-22(28(29)2)18-10-7-11-25-15-18)20-12-19-13-21(27-24(19)26-16-20)17-8-5-4-6-9-17/h7,10-13,15-17,22-23H,3-6,8-9,14H2,1-2H3,(H,26,27). The lowest BCUT2D eigenvalue weighted by Gasteiger charge is -2.30. The molecule has 0 amide bonds. The Hall–Kier alpha value is -2.24. The topological polar surface area (TPSA) is 48.1 Å². The van der Waals surface area contributed by atoms with Crippen LogP contribution in [0.5, 0.6) is 0 Å². The van der Waals surface area contributed by atoms with Gasteiger partial charge in [-0.2, -0.15) is 0 Å². The zero-order chi connectivity index (χ0) is 19.8. The molecule has 1 saturated heterocycles. The van der Waals surface area contributed by atoms with Gasteiger partial charge in [0.1, 0.15) is 5.65 Å². The third-order valence-electron chi connectivity index (χ3n) is 7.00. The van der Waals surface area contributed by atoms with Crippen LogP contribution in [-0.2, 0) is 0 Å². The van der Waals surface area contributed by atoms with Crippen molar-refractivity contribution in [1.82, 2.24) is 25.0 Å². The molecule has 1 aliphatic heterocycles. The summed E-state index contributed by atoms with van der Waals surface area (Å²) in [7, 11) is 2.20. The fraction of sp³-hybridized carbons (Fsp3) is 0.500. The molecule has 1 saturated carbocycles. The summed E-state index contributed by atoms with van der Waals surface area (Å²) >= 11 is 0. The summed E-state index contributed by atoms with van der Waals surface area (Å²) < 4.78 is 0. The molecule has 2 aliphatic rings. The van der Waals surface area contributed by atoms with E-state index >= 15 is 0 Å². The van der Waals surface area contributed by atoms with Crippen molar-refractivity contribution in [2.24, 2.45) is 0 Å². The number of hydrogen-bond donors (Lipinski definition) is 1. The lowest BCUT2D eigenvalue weighted by molar-refractivity contribution is 0.00201. The smallest absolute Gasteiger partial charge is 0.137 e. The van der Waals surface area contributed by atoms with Crippen LogP contribution in [0.3, 0.4) is 0 Å². The van der Waals surface area contributed by atoms with Crippen LogP contribution in [-0.4, -0.2) is 38.6 Å². The monoisotopic (exact) mass is 389 g/mol. The van der Waals surface area contributed by atoms with Crippen molar-refractivity contribution in [1.29, 1.82) is 0 Å². The Morgan fingerprint density at radius 1 is 1.07 bits per heavy atom. The summed E-state index contributed by atoms with van der Waals surface area (Å²) in [5, 5.41) is 6.11. The zero-order valence-corrected chi connectivity index (χ0v) is 17.5. The molecule has 0 radical (unpaired) electrons. The number of aromatic amines is 1. The number of pyridine rings is 2. The first-order valence-electron chi connectivity index (χ1n) is 11.1. The molecule has 2 unspecified atom stereocenters. The van der Waals surface area contributed by atoms with Crippen LogP contribution < -0.4 is 0 Å². The number of nitrogens with zero attached hydrogens (tertiary/aromatic N) is 4. The first kappa shape index (κ1) is 18.8. The predicted octanol–water partition coefficient (Wildman–Crippen LogP) is 5.36. The molecule has 5 rings (SSSR count). The molecule has 5 nitrogen and oxygen atoms in total. The van der Waals surface area contributed by atoms with E-state index in [2.05, 4.69) is 58.4 Å². The van der Waals surface area contributed by atoms with Crippen molar-refractivity contribution in [3.05, 3.63) is 59.7 Å². The van der Waals surface area contributed by atoms with Gasteiger partial charge in [0, 0.05) is 43.3 Å². The lowest BCUT2D eigenvalue weighted by atomic mass is 9.87. The Bertz CT molecular complexity index is 960. The molecule has 0 aromatic carbocycles. The number of fused-ring (bicyclic) bond motifs is 1. The summed E-state index contributed by atoms with van der Waals surface area (Å²) in [5.41, 5.74) is 5.01. The molecule has 3 aromatic rings. The van der Waals surface area contributed by atoms with E-state index in [4.69, 9.17) is 4.98 Å². The Kier molecular flexibility index (Phi) is 5.10. The highest BCUT2D eigenvalue weighted by molar-refractivity contribution is 5.77. The normalized spacial score (nSPS) is 24.5. The Balaban J connectivity index is 1.44. The van der Waals surface area contributed by atoms with Crippen LogP contribution in [0.15, 0.2) is 42.9 Å². The number of H-pyrrole nitrogens is 1. The van der Waals surface area contributed by atoms with E-state index in [1.807, 2.05) is 18.5 Å². The first-order valence-corrected chi connectivity index (χ1v) is 11.1. The van der Waals surface area contributed by atoms with Crippen molar-refractivity contribution in [3.8, 4) is 0 Å². The summed E-state index contributed by atoms with van der Waals surface area (Å²) in [5.74, 6) is 0.682. The fourth-order valence-corrected chi connectivity index (χ4v) is 5.43. The zero-order valence-electron chi connectivity index (χ0n) is 17.5. The summed E-state index contributed by atoms with van der Waals surface area (Å²) in [6, 6.07) is 9.64. The maximum absolute atomic E-state index is 4.82. The Labute approximate surface area is 173 Å². The maximum atomic E-state index is 4.82. The minimum Gasteiger partial charge on any atom is -0.343 e. The van der Waals surface area contributed by atoms with E-state index in [1.165, 1.54) is 54.3 Å². The highest BCUT2D eigenvalue weighted by atomic mass is 15.7. The molecule has 1 N–H and O–H groups in total. The second kappa shape index (κ2) is 7.88. The predicted molar refractivity (Wildman–Crippen MR) is 116 cm³/mol. The van der Waals surface area contributed by atoms with E-state index in [0.717, 1.165) is 18.6 Å². The number of nitrogens with one attached hydrogen (secondary N) is 1. The van der Waals surface area contributed by atoms with Gasteiger partial charge >= 0.3 is 0 Å². The van der Waals surface area contributed by atoms with Crippen LogP contribution in [0.2, 0.25) is 0 Å². The van der Waals surface area contributed by atoms with Crippen LogP contribution in [0.1, 0.15) is 80.3 Å². The van der Waals surface area contributed by atoms with E-state index in [-0.39, 0.29) is 0 Å². The Morgan fingerprint density at radius 2 is 1.93 bits per heavy atom. The molecular formula is C24H31N5. The molecule has 0 spiro atoms. The quantitative estimate of drug-likeness (QED) is 0.652. The number of hydrogen-bond acceptors (Lipinski definition) is 4. The SMILES string of the molecule is CCN1C(c2cnc3[nH]c(C4CCCCC4)cc3c2)CC(c2cccnc2)N1C. The molecular weight excluding hydrogens is 358 g/mol. The van der Waals surface area contributed by atoms with Crippen LogP contribution in [0.4, 0.5) is 0 Å². The van der Waals surface area contributed by atoms with Gasteiger partial charge in [-0.15, -0.1) is 0 Å². The average Bonchev–Trinajstić information content (AvgIpc) is 3.35. The summed E-state index contributed by atoms with van der Waals surface area (Å²) in [6.07, 6.45) is 13.7. The molecule has 152 valence electrons. The molecule has 2 atom stereocenters. The molecule has 3 aromatic heterocycles. The average molecular weight is 390 g/mol. The van der Waals surface area contributed by atoms with E-state index in [0.29, 0.717) is 18.0 Å². The molecule has 4 heterocycles. The number of aromatic nitrogens is 3. The van der Waals surface area contributed by atoms with Gasteiger partial charge < -0.3 is 4.98 Å². The minimum atomic E-state index is 0.347. The molecule has 5 heteroatoms. The largest absolute Gasteiger partial charge is 0.343 e. The molecule has 2 fully saturated rings. The molecule has 0 bridgehead atoms. The maximum Gasteiger partial charge on any atom is 0.137 e. The van der Waals surface area contributed by atoms with Crippen LogP contribution >= 0.6 is 0 Å². The highest BCUT2D eigenvalue weighted by Gasteiger charge is 2.38. The fourth-order valence-electron chi connectivity index (χ4n) is 5.43.